The van der Waals surface area contributed by atoms with Crippen LogP contribution in [0.1, 0.15) is 20.8 Å². The molecule has 0 bridgehead atoms. The monoisotopic (exact) mass is 385 g/mol. The van der Waals surface area contributed by atoms with E-state index >= 15 is 0 Å². The number of β-lactam (4-membered cyclic amide) rings is 1. The first-order valence-corrected chi connectivity index (χ1v) is 10.0. The van der Waals surface area contributed by atoms with E-state index in [2.05, 4.69) is 10.2 Å². The Hall–Kier alpha value is -1.39. The summed E-state index contributed by atoms with van der Waals surface area (Å²) in [7, 11) is 0. The van der Waals surface area contributed by atoms with Crippen LogP contribution in [0.25, 0.3) is 0 Å². The molecule has 2 aliphatic rings. The maximum atomic E-state index is 12.6. The molecule has 1 saturated heterocycles. The normalized spacial score (nSPS) is 20.8. The van der Waals surface area contributed by atoms with Crippen LogP contribution in [0.15, 0.2) is 21.1 Å². The summed E-state index contributed by atoms with van der Waals surface area (Å²) >= 11 is 4.21. The predicted molar refractivity (Wildman–Crippen MR) is 91.6 cm³/mol. The summed E-state index contributed by atoms with van der Waals surface area (Å²) in [5.74, 6) is -0.688. The van der Waals surface area contributed by atoms with Crippen LogP contribution < -0.4 is 0 Å². The van der Waals surface area contributed by atoms with Gasteiger partial charge in [-0.2, -0.15) is 0 Å². The standard InChI is InChI=1S/C14H15N3O4S3/c1-14(2,3)21-12(20)8-7(5-23-13-16-15-6-24-13)4-22-11-9(18)10(19)17(8)11/h6,11H,4-5H2,1-3H3/t11-/m0/s1. The summed E-state index contributed by atoms with van der Waals surface area (Å²) in [6, 6.07) is 0. The molecular weight excluding hydrogens is 370 g/mol. The highest BCUT2D eigenvalue weighted by Crippen LogP contribution is 2.40. The number of rotatable bonds is 4. The van der Waals surface area contributed by atoms with Crippen LogP contribution in [-0.2, 0) is 19.1 Å². The Labute approximate surface area is 151 Å². The molecule has 1 aromatic rings. The maximum Gasteiger partial charge on any atom is 0.355 e. The number of thioether (sulfide) groups is 2. The van der Waals surface area contributed by atoms with Gasteiger partial charge in [0, 0.05) is 11.5 Å². The second-order valence-corrected chi connectivity index (χ2v) is 9.27. The van der Waals surface area contributed by atoms with Crippen molar-refractivity contribution in [1.29, 1.82) is 0 Å². The van der Waals surface area contributed by atoms with E-state index in [1.54, 1.807) is 26.3 Å². The number of fused-ring (bicyclic) bond motifs is 1. The van der Waals surface area contributed by atoms with Crippen molar-refractivity contribution in [3.05, 3.63) is 16.8 Å². The molecule has 1 aromatic heterocycles. The number of esters is 1. The zero-order chi connectivity index (χ0) is 17.5. The number of hydrogen-bond acceptors (Lipinski definition) is 9. The van der Waals surface area contributed by atoms with Crippen molar-refractivity contribution in [3.8, 4) is 0 Å². The van der Waals surface area contributed by atoms with Crippen molar-refractivity contribution in [3.63, 3.8) is 0 Å². The van der Waals surface area contributed by atoms with Gasteiger partial charge in [-0.15, -0.1) is 22.0 Å². The van der Waals surface area contributed by atoms with Crippen LogP contribution in [0, 0.1) is 0 Å². The molecule has 0 spiro atoms. The molecule has 0 radical (unpaired) electrons. The smallest absolute Gasteiger partial charge is 0.355 e. The van der Waals surface area contributed by atoms with Crippen LogP contribution >= 0.6 is 34.9 Å². The molecule has 2 aliphatic heterocycles. The lowest BCUT2D eigenvalue weighted by Crippen LogP contribution is -2.62. The first-order valence-electron chi connectivity index (χ1n) is 7.11. The second kappa shape index (κ2) is 6.49. The summed E-state index contributed by atoms with van der Waals surface area (Å²) in [5, 5.41) is 7.13. The Balaban J connectivity index is 1.87. The highest BCUT2D eigenvalue weighted by Gasteiger charge is 2.53. The van der Waals surface area contributed by atoms with Crippen molar-refractivity contribution in [2.24, 2.45) is 0 Å². The molecule has 0 saturated carbocycles. The van der Waals surface area contributed by atoms with Gasteiger partial charge in [-0.1, -0.05) is 23.1 Å². The number of hydrogen-bond donors (Lipinski definition) is 0. The van der Waals surface area contributed by atoms with Gasteiger partial charge in [0.25, 0.3) is 11.7 Å². The molecule has 3 rings (SSSR count). The zero-order valence-electron chi connectivity index (χ0n) is 13.3. The van der Waals surface area contributed by atoms with Crippen LogP contribution in [0.2, 0.25) is 0 Å². The molecule has 128 valence electrons. The maximum absolute atomic E-state index is 12.6. The van der Waals surface area contributed by atoms with Crippen LogP contribution in [0.5, 0.6) is 0 Å². The fourth-order valence-corrected chi connectivity index (χ4v) is 5.05. The molecule has 0 aromatic carbocycles. The quantitative estimate of drug-likeness (QED) is 0.335. The van der Waals surface area contributed by atoms with Gasteiger partial charge in [-0.3, -0.25) is 14.5 Å². The van der Waals surface area contributed by atoms with E-state index in [1.165, 1.54) is 39.8 Å². The Morgan fingerprint density at radius 2 is 2.21 bits per heavy atom. The third-order valence-electron chi connectivity index (χ3n) is 3.18. The van der Waals surface area contributed by atoms with Crippen molar-refractivity contribution in [2.75, 3.05) is 11.5 Å². The van der Waals surface area contributed by atoms with E-state index in [0.29, 0.717) is 11.5 Å². The van der Waals surface area contributed by atoms with E-state index in [0.717, 1.165) is 9.91 Å². The van der Waals surface area contributed by atoms with Crippen molar-refractivity contribution < 1.29 is 19.1 Å². The van der Waals surface area contributed by atoms with Gasteiger partial charge < -0.3 is 4.74 Å². The molecule has 0 N–H and O–H groups in total. The number of ketones is 1. The third-order valence-corrected chi connectivity index (χ3v) is 6.38. The fourth-order valence-electron chi connectivity index (χ4n) is 2.22. The number of Topliss-reactive ketones (excluding diaryl/α,β-unsaturated/α-hetero) is 1. The minimum Gasteiger partial charge on any atom is -0.455 e. The lowest BCUT2D eigenvalue weighted by molar-refractivity contribution is -0.161. The molecule has 0 aliphatic carbocycles. The van der Waals surface area contributed by atoms with Crippen LogP contribution in [0.3, 0.4) is 0 Å². The van der Waals surface area contributed by atoms with Gasteiger partial charge in [0.15, 0.2) is 9.71 Å². The van der Waals surface area contributed by atoms with Gasteiger partial charge in [0.1, 0.15) is 16.8 Å². The summed E-state index contributed by atoms with van der Waals surface area (Å²) in [5.41, 5.74) is 1.93. The summed E-state index contributed by atoms with van der Waals surface area (Å²) in [4.78, 5) is 37.5. The van der Waals surface area contributed by atoms with Gasteiger partial charge in [0.2, 0.25) is 0 Å². The molecule has 7 nitrogen and oxygen atoms in total. The molecule has 10 heteroatoms. The lowest BCUT2D eigenvalue weighted by atomic mass is 10.1. The Kier molecular flexibility index (Phi) is 4.71. The first-order chi connectivity index (χ1) is 11.3. The average Bonchev–Trinajstić information content (AvgIpc) is 3.02. The number of carbonyl (C=O) groups excluding carboxylic acids is 3. The number of nitrogens with zero attached hydrogens (tertiary/aromatic N) is 3. The van der Waals surface area contributed by atoms with Crippen molar-refractivity contribution in [1.82, 2.24) is 15.1 Å². The molecule has 1 amide bonds. The minimum absolute atomic E-state index is 0.204. The molecule has 1 atom stereocenters. The minimum atomic E-state index is -0.681. The van der Waals surface area contributed by atoms with E-state index in [4.69, 9.17) is 4.74 Å². The predicted octanol–water partition coefficient (Wildman–Crippen LogP) is 1.71. The highest BCUT2D eigenvalue weighted by atomic mass is 32.2. The van der Waals surface area contributed by atoms with E-state index in [9.17, 15) is 14.4 Å². The number of amides is 1. The summed E-state index contributed by atoms with van der Waals surface area (Å²) < 4.78 is 6.22. The number of carbonyl (C=O) groups is 3. The third kappa shape index (κ3) is 3.35. The number of aromatic nitrogens is 2. The van der Waals surface area contributed by atoms with Gasteiger partial charge >= 0.3 is 5.97 Å². The average molecular weight is 385 g/mol. The SMILES string of the molecule is CC(C)(C)OC(=O)C1=C(CSc2nncs2)CS[C@H]2C(=O)C(=O)N12. The van der Waals surface area contributed by atoms with Gasteiger partial charge in [-0.05, 0) is 26.3 Å². The first kappa shape index (κ1) is 17.4. The lowest BCUT2D eigenvalue weighted by Gasteiger charge is -2.43. The second-order valence-electron chi connectivity index (χ2n) is 6.15. The fraction of sp³-hybridized carbons (Fsp3) is 0.500. The summed E-state index contributed by atoms with van der Waals surface area (Å²) in [6.07, 6.45) is 0. The van der Waals surface area contributed by atoms with Crippen molar-refractivity contribution >= 4 is 52.5 Å². The van der Waals surface area contributed by atoms with E-state index in [-0.39, 0.29) is 5.70 Å². The Morgan fingerprint density at radius 1 is 1.46 bits per heavy atom. The molecule has 1 fully saturated rings. The van der Waals surface area contributed by atoms with Crippen LogP contribution in [0.4, 0.5) is 0 Å². The van der Waals surface area contributed by atoms with E-state index in [1.807, 2.05) is 0 Å². The molecule has 3 heterocycles. The van der Waals surface area contributed by atoms with E-state index < -0.39 is 28.6 Å². The molecular formula is C14H15N3O4S3. The van der Waals surface area contributed by atoms with Gasteiger partial charge in [0.05, 0.1) is 0 Å². The zero-order valence-corrected chi connectivity index (χ0v) is 15.7. The summed E-state index contributed by atoms with van der Waals surface area (Å²) in [6.45, 7) is 5.29. The van der Waals surface area contributed by atoms with Gasteiger partial charge in [-0.25, -0.2) is 4.79 Å². The largest absolute Gasteiger partial charge is 0.455 e. The highest BCUT2D eigenvalue weighted by molar-refractivity contribution is 8.02. The molecule has 0 unspecified atom stereocenters. The Morgan fingerprint density at radius 3 is 2.83 bits per heavy atom. The Bertz CT molecular complexity index is 724. The van der Waals surface area contributed by atoms with Crippen LogP contribution in [-0.4, -0.2) is 55.2 Å². The topological polar surface area (TPSA) is 89.5 Å². The number of ether oxygens (including phenoxy) is 1. The molecule has 24 heavy (non-hydrogen) atoms. The van der Waals surface area contributed by atoms with Crippen molar-refractivity contribution in [2.45, 2.75) is 36.1 Å².